The van der Waals surface area contributed by atoms with E-state index in [0.29, 0.717) is 6.54 Å². The number of hydrogen-bond acceptors (Lipinski definition) is 3. The molecule has 1 amide bonds. The molecule has 2 rings (SSSR count). The number of pyridine rings is 1. The fourth-order valence-corrected chi connectivity index (χ4v) is 1.82. The van der Waals surface area contributed by atoms with Crippen LogP contribution in [0.3, 0.4) is 0 Å². The van der Waals surface area contributed by atoms with Crippen LogP contribution in [0.25, 0.3) is 0 Å². The van der Waals surface area contributed by atoms with E-state index in [4.69, 9.17) is 5.11 Å². The number of nitrogens with zero attached hydrogens (tertiary/aromatic N) is 2. The van der Waals surface area contributed by atoms with Crippen LogP contribution in [-0.4, -0.2) is 32.9 Å². The van der Waals surface area contributed by atoms with Crippen molar-refractivity contribution in [2.45, 2.75) is 32.4 Å². The molecule has 1 N–H and O–H groups in total. The Balaban J connectivity index is 2.09. The lowest BCUT2D eigenvalue weighted by atomic mass is 10.1. The van der Waals surface area contributed by atoms with Gasteiger partial charge in [-0.2, -0.15) is 0 Å². The maximum absolute atomic E-state index is 12.1. The molecule has 1 heterocycles. The van der Waals surface area contributed by atoms with Gasteiger partial charge in [0.25, 0.3) is 0 Å². The quantitative estimate of drug-likeness (QED) is 0.797. The zero-order valence-electron chi connectivity index (χ0n) is 10.2. The van der Waals surface area contributed by atoms with Crippen LogP contribution >= 0.6 is 0 Å². The van der Waals surface area contributed by atoms with Gasteiger partial charge >= 0.3 is 5.97 Å². The SMILES string of the molecule is CC(C(=O)O)C(=O)N(Cc1cccnc1)C1CC1. The normalized spacial score (nSPS) is 16.1. The highest BCUT2D eigenvalue weighted by Crippen LogP contribution is 2.29. The zero-order chi connectivity index (χ0) is 13.1. The molecule has 1 aromatic heterocycles. The van der Waals surface area contributed by atoms with Gasteiger partial charge in [0, 0.05) is 25.0 Å². The van der Waals surface area contributed by atoms with Crippen LogP contribution in [-0.2, 0) is 16.1 Å². The van der Waals surface area contributed by atoms with Crippen molar-refractivity contribution in [2.24, 2.45) is 5.92 Å². The lowest BCUT2D eigenvalue weighted by Gasteiger charge is -2.24. The molecule has 1 aliphatic carbocycles. The van der Waals surface area contributed by atoms with E-state index in [1.807, 2.05) is 12.1 Å². The van der Waals surface area contributed by atoms with Crippen molar-refractivity contribution in [3.05, 3.63) is 30.1 Å². The van der Waals surface area contributed by atoms with E-state index in [-0.39, 0.29) is 11.9 Å². The van der Waals surface area contributed by atoms with Gasteiger partial charge in [0.15, 0.2) is 0 Å². The highest BCUT2D eigenvalue weighted by Gasteiger charge is 2.36. The molecule has 0 bridgehead atoms. The van der Waals surface area contributed by atoms with E-state index >= 15 is 0 Å². The number of amides is 1. The Bertz CT molecular complexity index is 443. The molecule has 0 aliphatic heterocycles. The number of aliphatic carboxylic acids is 1. The molecular formula is C13H16N2O3. The van der Waals surface area contributed by atoms with Crippen LogP contribution in [0.5, 0.6) is 0 Å². The van der Waals surface area contributed by atoms with Crippen molar-refractivity contribution in [2.75, 3.05) is 0 Å². The first-order chi connectivity index (χ1) is 8.59. The largest absolute Gasteiger partial charge is 0.481 e. The second-order valence-corrected chi connectivity index (χ2v) is 4.62. The van der Waals surface area contributed by atoms with E-state index < -0.39 is 11.9 Å². The van der Waals surface area contributed by atoms with Crippen LogP contribution in [0.4, 0.5) is 0 Å². The molecule has 96 valence electrons. The summed E-state index contributed by atoms with van der Waals surface area (Å²) in [6.45, 7) is 1.87. The van der Waals surface area contributed by atoms with Crippen molar-refractivity contribution in [3.63, 3.8) is 0 Å². The number of rotatable bonds is 5. The van der Waals surface area contributed by atoms with Crippen LogP contribution in [0.15, 0.2) is 24.5 Å². The van der Waals surface area contributed by atoms with E-state index in [1.54, 1.807) is 17.3 Å². The van der Waals surface area contributed by atoms with Crippen molar-refractivity contribution in [1.29, 1.82) is 0 Å². The average Bonchev–Trinajstić information content (AvgIpc) is 3.19. The highest BCUT2D eigenvalue weighted by molar-refractivity contribution is 5.96. The predicted molar refractivity (Wildman–Crippen MR) is 64.6 cm³/mol. The number of carboxylic acid groups (broad SMARTS) is 1. The van der Waals surface area contributed by atoms with Gasteiger partial charge in [-0.05, 0) is 31.4 Å². The van der Waals surface area contributed by atoms with Gasteiger partial charge in [-0.15, -0.1) is 0 Å². The molecule has 5 nitrogen and oxygen atoms in total. The van der Waals surface area contributed by atoms with E-state index in [2.05, 4.69) is 4.98 Å². The van der Waals surface area contributed by atoms with Crippen molar-refractivity contribution in [3.8, 4) is 0 Å². The Hall–Kier alpha value is -1.91. The average molecular weight is 248 g/mol. The smallest absolute Gasteiger partial charge is 0.315 e. The van der Waals surface area contributed by atoms with Gasteiger partial charge in [-0.1, -0.05) is 6.07 Å². The number of carbonyl (C=O) groups is 2. The van der Waals surface area contributed by atoms with E-state index in [9.17, 15) is 9.59 Å². The van der Waals surface area contributed by atoms with E-state index in [1.165, 1.54) is 6.92 Å². The number of carbonyl (C=O) groups excluding carboxylic acids is 1. The standard InChI is InChI=1S/C13H16N2O3/c1-9(13(17)18)12(16)15(11-4-5-11)8-10-3-2-6-14-7-10/h2-3,6-7,9,11H,4-5,8H2,1H3,(H,17,18). The molecule has 1 aliphatic rings. The van der Waals surface area contributed by atoms with Crippen LogP contribution < -0.4 is 0 Å². The fourth-order valence-electron chi connectivity index (χ4n) is 1.82. The zero-order valence-corrected chi connectivity index (χ0v) is 10.2. The van der Waals surface area contributed by atoms with Crippen LogP contribution in [0.2, 0.25) is 0 Å². The lowest BCUT2D eigenvalue weighted by Crippen LogP contribution is -2.39. The van der Waals surface area contributed by atoms with Gasteiger partial charge in [-0.25, -0.2) is 0 Å². The number of carboxylic acids is 1. The Morgan fingerprint density at radius 3 is 2.78 bits per heavy atom. The van der Waals surface area contributed by atoms with Crippen molar-refractivity contribution < 1.29 is 14.7 Å². The third-order valence-electron chi connectivity index (χ3n) is 3.09. The molecule has 0 spiro atoms. The first-order valence-corrected chi connectivity index (χ1v) is 6.02. The summed E-state index contributed by atoms with van der Waals surface area (Å²) in [6.07, 6.45) is 5.29. The number of hydrogen-bond donors (Lipinski definition) is 1. The molecule has 0 aromatic carbocycles. The molecule has 1 unspecified atom stereocenters. The Morgan fingerprint density at radius 1 is 1.56 bits per heavy atom. The summed E-state index contributed by atoms with van der Waals surface area (Å²) < 4.78 is 0. The second kappa shape index (κ2) is 5.16. The summed E-state index contributed by atoms with van der Waals surface area (Å²) >= 11 is 0. The number of aromatic nitrogens is 1. The first kappa shape index (κ1) is 12.5. The van der Waals surface area contributed by atoms with Gasteiger partial charge in [0.1, 0.15) is 5.92 Å². The first-order valence-electron chi connectivity index (χ1n) is 6.02. The summed E-state index contributed by atoms with van der Waals surface area (Å²) in [5, 5.41) is 8.91. The summed E-state index contributed by atoms with van der Waals surface area (Å²) in [5.74, 6) is -2.37. The molecule has 0 radical (unpaired) electrons. The molecule has 0 saturated heterocycles. The van der Waals surface area contributed by atoms with Gasteiger partial charge in [0.05, 0.1) is 0 Å². The highest BCUT2D eigenvalue weighted by atomic mass is 16.4. The van der Waals surface area contributed by atoms with Gasteiger partial charge < -0.3 is 10.0 Å². The lowest BCUT2D eigenvalue weighted by molar-refractivity contribution is -0.150. The Labute approximate surface area is 105 Å². The summed E-state index contributed by atoms with van der Waals surface area (Å²) in [7, 11) is 0. The topological polar surface area (TPSA) is 70.5 Å². The third-order valence-corrected chi connectivity index (χ3v) is 3.09. The maximum atomic E-state index is 12.1. The monoisotopic (exact) mass is 248 g/mol. The second-order valence-electron chi connectivity index (χ2n) is 4.62. The summed E-state index contributed by atoms with van der Waals surface area (Å²) in [5.41, 5.74) is 0.926. The van der Waals surface area contributed by atoms with Gasteiger partial charge in [0.2, 0.25) is 5.91 Å². The van der Waals surface area contributed by atoms with Crippen molar-refractivity contribution >= 4 is 11.9 Å². The predicted octanol–water partition coefficient (Wildman–Crippen LogP) is 1.29. The molecule has 1 fully saturated rings. The molecular weight excluding hydrogens is 232 g/mol. The molecule has 18 heavy (non-hydrogen) atoms. The molecule has 1 atom stereocenters. The molecule has 1 saturated carbocycles. The Morgan fingerprint density at radius 2 is 2.28 bits per heavy atom. The third kappa shape index (κ3) is 2.85. The van der Waals surface area contributed by atoms with Crippen molar-refractivity contribution in [1.82, 2.24) is 9.88 Å². The van der Waals surface area contributed by atoms with Crippen LogP contribution in [0, 0.1) is 5.92 Å². The molecule has 1 aromatic rings. The van der Waals surface area contributed by atoms with E-state index in [0.717, 1.165) is 18.4 Å². The minimum absolute atomic E-state index is 0.194. The summed E-state index contributed by atoms with van der Waals surface area (Å²) in [4.78, 5) is 28.6. The maximum Gasteiger partial charge on any atom is 0.315 e. The fraction of sp³-hybridized carbons (Fsp3) is 0.462. The molecule has 5 heteroatoms. The van der Waals surface area contributed by atoms with Gasteiger partial charge in [-0.3, -0.25) is 14.6 Å². The summed E-state index contributed by atoms with van der Waals surface area (Å²) in [6, 6.07) is 3.89. The minimum Gasteiger partial charge on any atom is -0.481 e. The minimum atomic E-state index is -1.07. The van der Waals surface area contributed by atoms with Crippen LogP contribution in [0.1, 0.15) is 25.3 Å². The Kier molecular flexibility index (Phi) is 3.60.